The maximum Gasteiger partial charge on any atom is 0.191 e. The number of nitrogens with one attached hydrogen (secondary N) is 2. The Hall–Kier alpha value is -1.40. The summed E-state index contributed by atoms with van der Waals surface area (Å²) in [6, 6.07) is 2.14. The molecular weight excluding hydrogens is 300 g/mol. The molecule has 0 fully saturated rings. The normalized spacial score (nSPS) is 11.7. The lowest BCUT2D eigenvalue weighted by Gasteiger charge is -2.11. The second-order valence-corrected chi connectivity index (χ2v) is 6.90. The average Bonchev–Trinajstić information content (AvgIpc) is 3.11. The smallest absolute Gasteiger partial charge is 0.191 e. The molecule has 0 aromatic carbocycles. The van der Waals surface area contributed by atoms with Gasteiger partial charge in [0.1, 0.15) is 0 Å². The van der Waals surface area contributed by atoms with Crippen LogP contribution in [0.15, 0.2) is 22.6 Å². The first-order valence-electron chi connectivity index (χ1n) is 7.14. The Morgan fingerprint density at radius 3 is 2.86 bits per heavy atom. The predicted octanol–water partition coefficient (Wildman–Crippen LogP) is 2.98. The van der Waals surface area contributed by atoms with Gasteiger partial charge >= 0.3 is 0 Å². The Balaban J connectivity index is 1.74. The summed E-state index contributed by atoms with van der Waals surface area (Å²) in [6.07, 6.45) is 3.98. The molecule has 0 atom stereocenters. The van der Waals surface area contributed by atoms with Gasteiger partial charge in [-0.25, -0.2) is 4.98 Å². The van der Waals surface area contributed by atoms with Gasteiger partial charge < -0.3 is 10.6 Å². The maximum absolute atomic E-state index is 4.43. The number of hydrogen-bond acceptors (Lipinski definition) is 4. The van der Waals surface area contributed by atoms with Crippen LogP contribution in [-0.4, -0.2) is 24.5 Å². The van der Waals surface area contributed by atoms with Gasteiger partial charge in [0.15, 0.2) is 5.96 Å². The fourth-order valence-electron chi connectivity index (χ4n) is 1.88. The van der Waals surface area contributed by atoms with Crippen molar-refractivity contribution in [2.75, 3.05) is 13.6 Å². The number of nitrogens with zero attached hydrogens (tertiary/aromatic N) is 2. The highest BCUT2D eigenvalue weighted by atomic mass is 32.1. The van der Waals surface area contributed by atoms with Crippen molar-refractivity contribution in [3.8, 4) is 0 Å². The van der Waals surface area contributed by atoms with Gasteiger partial charge in [-0.3, -0.25) is 4.99 Å². The van der Waals surface area contributed by atoms with Gasteiger partial charge in [0, 0.05) is 36.0 Å². The molecule has 0 bridgehead atoms. The molecule has 4 nitrogen and oxygen atoms in total. The Morgan fingerprint density at radius 2 is 2.24 bits per heavy atom. The van der Waals surface area contributed by atoms with Crippen molar-refractivity contribution < 1.29 is 0 Å². The lowest BCUT2D eigenvalue weighted by Crippen LogP contribution is -2.37. The molecule has 21 heavy (non-hydrogen) atoms. The number of rotatable bonds is 6. The molecule has 0 amide bonds. The van der Waals surface area contributed by atoms with Gasteiger partial charge in [0.05, 0.1) is 11.6 Å². The summed E-state index contributed by atoms with van der Waals surface area (Å²) in [6.45, 7) is 5.96. The summed E-state index contributed by atoms with van der Waals surface area (Å²) >= 11 is 3.57. The summed E-state index contributed by atoms with van der Waals surface area (Å²) in [5, 5.41) is 9.99. The first-order valence-corrected chi connectivity index (χ1v) is 8.83. The number of aryl methyl sites for hydroxylation is 2. The summed E-state index contributed by atoms with van der Waals surface area (Å²) in [7, 11) is 1.80. The molecule has 0 aliphatic rings. The number of guanidine groups is 1. The van der Waals surface area contributed by atoms with Crippen molar-refractivity contribution >= 4 is 28.6 Å². The maximum atomic E-state index is 4.43. The summed E-state index contributed by atoms with van der Waals surface area (Å²) in [4.78, 5) is 11.4. The highest BCUT2D eigenvalue weighted by molar-refractivity contribution is 7.11. The average molecular weight is 323 g/mol. The van der Waals surface area contributed by atoms with Crippen LogP contribution in [0.3, 0.4) is 0 Å². The molecule has 2 aromatic heterocycles. The minimum absolute atomic E-state index is 0.820. The molecule has 0 saturated heterocycles. The third kappa shape index (κ3) is 4.82. The van der Waals surface area contributed by atoms with Crippen LogP contribution < -0.4 is 10.6 Å². The topological polar surface area (TPSA) is 49.3 Å². The molecule has 114 valence electrons. The SMILES string of the molecule is CCc1cnc(CCNC(=NC)NCc2sccc2C)s1. The van der Waals surface area contributed by atoms with Crippen LogP contribution in [0.4, 0.5) is 0 Å². The molecule has 0 aliphatic heterocycles. The minimum atomic E-state index is 0.820. The third-order valence-corrected chi connectivity index (χ3v) is 5.41. The fraction of sp³-hybridized carbons (Fsp3) is 0.467. The van der Waals surface area contributed by atoms with E-state index >= 15 is 0 Å². The van der Waals surface area contributed by atoms with Gasteiger partial charge in [-0.1, -0.05) is 6.92 Å². The van der Waals surface area contributed by atoms with Crippen LogP contribution in [0.2, 0.25) is 0 Å². The minimum Gasteiger partial charge on any atom is -0.356 e. The van der Waals surface area contributed by atoms with Crippen LogP contribution in [0, 0.1) is 6.92 Å². The quantitative estimate of drug-likeness (QED) is 0.635. The zero-order valence-electron chi connectivity index (χ0n) is 12.8. The molecule has 0 radical (unpaired) electrons. The molecule has 2 aromatic rings. The van der Waals surface area contributed by atoms with E-state index in [0.29, 0.717) is 0 Å². The Bertz CT molecular complexity index is 586. The number of thiophene rings is 1. The summed E-state index contributed by atoms with van der Waals surface area (Å²) in [5.41, 5.74) is 1.33. The van der Waals surface area contributed by atoms with Crippen LogP contribution >= 0.6 is 22.7 Å². The number of hydrogen-bond donors (Lipinski definition) is 2. The van der Waals surface area contributed by atoms with Crippen LogP contribution in [0.1, 0.15) is 27.2 Å². The zero-order valence-corrected chi connectivity index (χ0v) is 14.4. The van der Waals surface area contributed by atoms with E-state index in [-0.39, 0.29) is 0 Å². The largest absolute Gasteiger partial charge is 0.356 e. The molecular formula is C15H22N4S2. The monoisotopic (exact) mass is 322 g/mol. The highest BCUT2D eigenvalue weighted by Crippen LogP contribution is 2.15. The van der Waals surface area contributed by atoms with Crippen LogP contribution in [-0.2, 0) is 19.4 Å². The molecule has 2 heterocycles. The molecule has 2 rings (SSSR count). The van der Waals surface area contributed by atoms with E-state index in [1.54, 1.807) is 29.7 Å². The predicted molar refractivity (Wildman–Crippen MR) is 92.5 cm³/mol. The van der Waals surface area contributed by atoms with Crippen LogP contribution in [0.25, 0.3) is 0 Å². The van der Waals surface area contributed by atoms with Crippen LogP contribution in [0.5, 0.6) is 0 Å². The zero-order chi connectivity index (χ0) is 15.1. The van der Waals surface area contributed by atoms with Crippen molar-refractivity contribution in [1.29, 1.82) is 0 Å². The Kier molecular flexibility index (Phi) is 6.20. The van der Waals surface area contributed by atoms with E-state index in [0.717, 1.165) is 31.9 Å². The standard InChI is InChI=1S/C15H22N4S2/c1-4-12-9-18-14(21-12)5-7-17-15(16-3)19-10-13-11(2)6-8-20-13/h6,8-9H,4-5,7,10H2,1-3H3,(H2,16,17,19). The molecule has 0 spiro atoms. The molecule has 6 heteroatoms. The van der Waals surface area contributed by atoms with E-state index in [2.05, 4.69) is 45.9 Å². The van der Waals surface area contributed by atoms with Crippen molar-refractivity contribution in [2.45, 2.75) is 33.2 Å². The van der Waals surface area contributed by atoms with Gasteiger partial charge in [0.25, 0.3) is 0 Å². The summed E-state index contributed by atoms with van der Waals surface area (Å²) < 4.78 is 0. The van der Waals surface area contributed by atoms with E-state index < -0.39 is 0 Å². The third-order valence-electron chi connectivity index (χ3n) is 3.19. The second kappa shape index (κ2) is 8.14. The van der Waals surface area contributed by atoms with E-state index in [1.165, 1.54) is 20.3 Å². The first kappa shape index (κ1) is 16.0. The second-order valence-electron chi connectivity index (χ2n) is 4.70. The number of aromatic nitrogens is 1. The number of thiazole rings is 1. The van der Waals surface area contributed by atoms with E-state index in [1.807, 2.05) is 6.20 Å². The highest BCUT2D eigenvalue weighted by Gasteiger charge is 2.03. The lowest BCUT2D eigenvalue weighted by molar-refractivity contribution is 0.795. The first-order chi connectivity index (χ1) is 10.2. The van der Waals surface area contributed by atoms with E-state index in [9.17, 15) is 0 Å². The van der Waals surface area contributed by atoms with Crippen molar-refractivity contribution in [1.82, 2.24) is 15.6 Å². The van der Waals surface area contributed by atoms with Gasteiger partial charge in [0.2, 0.25) is 0 Å². The Labute approximate surface area is 134 Å². The van der Waals surface area contributed by atoms with E-state index in [4.69, 9.17) is 0 Å². The van der Waals surface area contributed by atoms with Crippen molar-refractivity contribution in [2.24, 2.45) is 4.99 Å². The molecule has 0 aliphatic carbocycles. The van der Waals surface area contributed by atoms with Gasteiger partial charge in [-0.15, -0.1) is 22.7 Å². The fourth-order valence-corrected chi connectivity index (χ4v) is 3.59. The Morgan fingerprint density at radius 1 is 1.38 bits per heavy atom. The molecule has 0 unspecified atom stereocenters. The molecule has 0 saturated carbocycles. The number of aliphatic imine (C=N–C) groups is 1. The van der Waals surface area contributed by atoms with Gasteiger partial charge in [-0.05, 0) is 30.4 Å². The van der Waals surface area contributed by atoms with Crippen molar-refractivity contribution in [3.05, 3.63) is 38.0 Å². The van der Waals surface area contributed by atoms with Gasteiger partial charge in [-0.2, -0.15) is 0 Å². The van der Waals surface area contributed by atoms with Crippen molar-refractivity contribution in [3.63, 3.8) is 0 Å². The lowest BCUT2D eigenvalue weighted by atomic mass is 10.3. The summed E-state index contributed by atoms with van der Waals surface area (Å²) in [5.74, 6) is 0.843. The molecule has 2 N–H and O–H groups in total.